The van der Waals surface area contributed by atoms with E-state index in [9.17, 15) is 46.2 Å². The lowest BCUT2D eigenvalue weighted by Gasteiger charge is -2.31. The van der Waals surface area contributed by atoms with Gasteiger partial charge in [-0.15, -0.1) is 4.91 Å². The van der Waals surface area contributed by atoms with Gasteiger partial charge in [-0.3, -0.25) is 14.9 Å². The van der Waals surface area contributed by atoms with Crippen LogP contribution in [0.25, 0.3) is 21.7 Å². The Morgan fingerprint density at radius 3 is 2.12 bits per heavy atom. The normalized spacial score (nSPS) is 12.9. The van der Waals surface area contributed by atoms with Crippen LogP contribution in [0.1, 0.15) is 25.3 Å². The van der Waals surface area contributed by atoms with Crippen molar-refractivity contribution in [1.29, 1.82) is 0 Å². The molecule has 0 unspecified atom stereocenters. The van der Waals surface area contributed by atoms with Gasteiger partial charge < -0.3 is 4.57 Å². The highest BCUT2D eigenvalue weighted by molar-refractivity contribution is 6.06. The van der Waals surface area contributed by atoms with Gasteiger partial charge in [-0.2, -0.15) is 26.3 Å². The van der Waals surface area contributed by atoms with Crippen LogP contribution < -0.4 is 5.56 Å². The van der Waals surface area contributed by atoms with Gasteiger partial charge in [0, 0.05) is 40.4 Å². The summed E-state index contributed by atoms with van der Waals surface area (Å²) in [7, 11) is 0. The predicted molar refractivity (Wildman–Crippen MR) is 107 cm³/mol. The first-order valence-corrected chi connectivity index (χ1v) is 9.53. The van der Waals surface area contributed by atoms with Crippen molar-refractivity contribution >= 4 is 27.4 Å². The third kappa shape index (κ3) is 3.70. The maximum atomic E-state index is 13.6. The lowest BCUT2D eigenvalue weighted by molar-refractivity contribution is -0.384. The molecule has 0 saturated carbocycles. The quantitative estimate of drug-likeness (QED) is 0.145. The second kappa shape index (κ2) is 8.12. The Morgan fingerprint density at radius 2 is 1.61 bits per heavy atom. The van der Waals surface area contributed by atoms with Crippen molar-refractivity contribution in [3.05, 3.63) is 67.3 Å². The van der Waals surface area contributed by atoms with Crippen LogP contribution in [-0.4, -0.2) is 21.8 Å². The Hall–Kier alpha value is -3.51. The van der Waals surface area contributed by atoms with Crippen LogP contribution in [0.15, 0.2) is 46.4 Å². The molecule has 0 bridgehead atoms. The third-order valence-corrected chi connectivity index (χ3v) is 5.38. The highest BCUT2D eigenvalue weighted by Crippen LogP contribution is 2.53. The molecule has 0 radical (unpaired) electrons. The van der Waals surface area contributed by atoms with Crippen molar-refractivity contribution in [2.75, 3.05) is 0 Å². The van der Waals surface area contributed by atoms with Crippen LogP contribution >= 0.6 is 0 Å². The molecule has 13 heteroatoms. The molecular formula is C20H15F6N3O4. The monoisotopic (exact) mass is 475 g/mol. The summed E-state index contributed by atoms with van der Waals surface area (Å²) in [5, 5.41) is 12.0. The molecule has 0 aliphatic rings. The third-order valence-electron chi connectivity index (χ3n) is 5.38. The van der Waals surface area contributed by atoms with Crippen molar-refractivity contribution in [1.82, 2.24) is 4.57 Å². The van der Waals surface area contributed by atoms with Gasteiger partial charge in [-0.05, 0) is 29.8 Å². The summed E-state index contributed by atoms with van der Waals surface area (Å²) in [4.78, 5) is 34.4. The number of nitroso groups, excluding NO2 is 1. The number of rotatable bonds is 6. The topological polar surface area (TPSA) is 94.6 Å². The summed E-state index contributed by atoms with van der Waals surface area (Å²) in [6.45, 7) is 1.92. The van der Waals surface area contributed by atoms with E-state index in [4.69, 9.17) is 0 Å². The van der Waals surface area contributed by atoms with Crippen molar-refractivity contribution in [3.63, 3.8) is 0 Å². The van der Waals surface area contributed by atoms with E-state index < -0.39 is 39.6 Å². The molecule has 0 spiro atoms. The van der Waals surface area contributed by atoms with E-state index in [0.29, 0.717) is 25.0 Å². The highest BCUT2D eigenvalue weighted by Gasteiger charge is 2.74. The molecule has 0 fully saturated rings. The van der Waals surface area contributed by atoms with Gasteiger partial charge in [-0.1, -0.05) is 19.4 Å². The summed E-state index contributed by atoms with van der Waals surface area (Å²) < 4.78 is 82.7. The van der Waals surface area contributed by atoms with Gasteiger partial charge in [0.25, 0.3) is 11.2 Å². The largest absolute Gasteiger partial charge is 0.430 e. The lowest BCUT2D eigenvalue weighted by atomic mass is 9.87. The van der Waals surface area contributed by atoms with Crippen LogP contribution in [0, 0.1) is 15.0 Å². The Balaban J connectivity index is 2.53. The van der Waals surface area contributed by atoms with E-state index in [0.717, 1.165) is 24.3 Å². The highest BCUT2D eigenvalue weighted by atomic mass is 19.4. The number of fused-ring (bicyclic) bond motifs is 3. The van der Waals surface area contributed by atoms with Crippen molar-refractivity contribution in [2.45, 2.75) is 44.2 Å². The number of unbranched alkanes of at least 4 members (excludes halogenated alkanes) is 1. The van der Waals surface area contributed by atoms with Crippen LogP contribution in [0.3, 0.4) is 0 Å². The minimum Gasteiger partial charge on any atom is -0.308 e. The molecule has 3 aromatic rings. The molecule has 7 nitrogen and oxygen atoms in total. The summed E-state index contributed by atoms with van der Waals surface area (Å²) in [6, 6.07) is 4.75. The molecule has 33 heavy (non-hydrogen) atoms. The maximum Gasteiger partial charge on any atom is 0.430 e. The molecule has 0 aliphatic carbocycles. The molecule has 0 atom stereocenters. The van der Waals surface area contributed by atoms with Crippen LogP contribution in [0.2, 0.25) is 0 Å². The lowest BCUT2D eigenvalue weighted by Crippen LogP contribution is -2.52. The average Bonchev–Trinajstić information content (AvgIpc) is 2.72. The number of alkyl halides is 6. The second-order valence-corrected chi connectivity index (χ2v) is 7.33. The first-order chi connectivity index (χ1) is 15.3. The fourth-order valence-corrected chi connectivity index (χ4v) is 3.70. The van der Waals surface area contributed by atoms with Gasteiger partial charge in [-0.25, -0.2) is 0 Å². The van der Waals surface area contributed by atoms with E-state index in [1.165, 1.54) is 9.74 Å². The maximum absolute atomic E-state index is 13.6. The number of hydrogen-bond donors (Lipinski definition) is 0. The standard InChI is InChI=1S/C20H15F6N3O4/c1-2-3-8-28-16-7-4-11(18(27-31,19(21,22)23)20(24,25)26)9-15(16)14-10-12(29(32)33)5-6-13(14)17(28)30/h4-7,9-10H,2-3,8H2,1H3. The Labute approximate surface area is 180 Å². The number of aryl methyl sites for hydroxylation is 1. The summed E-state index contributed by atoms with van der Waals surface area (Å²) in [5.74, 6) is 0. The number of non-ortho nitro benzene ring substituents is 1. The summed E-state index contributed by atoms with van der Waals surface area (Å²) in [5.41, 5.74) is -7.75. The zero-order chi connectivity index (χ0) is 24.8. The first kappa shape index (κ1) is 24.1. The zero-order valence-corrected chi connectivity index (χ0v) is 16.8. The molecule has 1 heterocycles. The molecular weight excluding hydrogens is 460 g/mol. The molecule has 0 aliphatic heterocycles. The SMILES string of the molecule is CCCCn1c(=O)c2ccc([N+](=O)[O-])cc2c2cc(C(N=O)(C(F)(F)F)C(F)(F)F)ccc21. The number of nitro groups is 1. The van der Waals surface area contributed by atoms with E-state index >= 15 is 0 Å². The molecule has 0 amide bonds. The Morgan fingerprint density at radius 1 is 0.970 bits per heavy atom. The van der Waals surface area contributed by atoms with Crippen LogP contribution in [0.4, 0.5) is 32.0 Å². The van der Waals surface area contributed by atoms with Crippen LogP contribution in [0.5, 0.6) is 0 Å². The molecule has 3 rings (SSSR count). The Bertz CT molecular complexity index is 1300. The van der Waals surface area contributed by atoms with E-state index in [1.54, 1.807) is 0 Å². The second-order valence-electron chi connectivity index (χ2n) is 7.33. The molecule has 1 aromatic heterocycles. The Kier molecular flexibility index (Phi) is 5.94. The van der Waals surface area contributed by atoms with Gasteiger partial charge in [0.15, 0.2) is 0 Å². The van der Waals surface area contributed by atoms with Crippen molar-refractivity contribution in [2.24, 2.45) is 5.18 Å². The fourth-order valence-electron chi connectivity index (χ4n) is 3.70. The van der Waals surface area contributed by atoms with Crippen LogP contribution in [-0.2, 0) is 12.1 Å². The van der Waals surface area contributed by atoms with Gasteiger partial charge in [0.1, 0.15) is 0 Å². The molecule has 176 valence electrons. The van der Waals surface area contributed by atoms with E-state index in [2.05, 4.69) is 0 Å². The van der Waals surface area contributed by atoms with E-state index in [-0.39, 0.29) is 28.2 Å². The first-order valence-electron chi connectivity index (χ1n) is 9.53. The van der Waals surface area contributed by atoms with E-state index in [1.807, 2.05) is 6.92 Å². The summed E-state index contributed by atoms with van der Waals surface area (Å²) >= 11 is 0. The summed E-state index contributed by atoms with van der Waals surface area (Å²) in [6.07, 6.45) is -11.1. The fraction of sp³-hybridized carbons (Fsp3) is 0.350. The molecule has 0 saturated heterocycles. The minimum absolute atomic E-state index is 0.0330. The van der Waals surface area contributed by atoms with Gasteiger partial charge in [0.05, 0.1) is 10.4 Å². The number of aromatic nitrogens is 1. The number of benzene rings is 2. The van der Waals surface area contributed by atoms with Gasteiger partial charge in [0.2, 0.25) is 0 Å². The van der Waals surface area contributed by atoms with Crippen molar-refractivity contribution in [3.8, 4) is 0 Å². The molecule has 0 N–H and O–H groups in total. The number of hydrogen-bond acceptors (Lipinski definition) is 5. The number of nitro benzene ring substituents is 1. The van der Waals surface area contributed by atoms with Gasteiger partial charge >= 0.3 is 17.9 Å². The minimum atomic E-state index is -6.13. The zero-order valence-electron chi connectivity index (χ0n) is 16.8. The molecule has 2 aromatic carbocycles. The van der Waals surface area contributed by atoms with Crippen molar-refractivity contribution < 1.29 is 31.3 Å². The average molecular weight is 475 g/mol. The smallest absolute Gasteiger partial charge is 0.308 e. The number of pyridine rings is 1. The number of nitrogens with zero attached hydrogens (tertiary/aromatic N) is 3. The predicted octanol–water partition coefficient (Wildman–Crippen LogP) is 5.95. The number of halogens is 6.